The second-order valence-electron chi connectivity index (χ2n) is 34.0. The summed E-state index contributed by atoms with van der Waals surface area (Å²) in [5.74, 6) is -15.1. The average Bonchev–Trinajstić information content (AvgIpc) is 1.76. The van der Waals surface area contributed by atoms with E-state index in [0.29, 0.717) is 58.8 Å². The van der Waals surface area contributed by atoms with Crippen molar-refractivity contribution in [3.8, 4) is 5.75 Å². The number of benzene rings is 3. The summed E-state index contributed by atoms with van der Waals surface area (Å²) >= 11 is 0. The number of Topliss-reactive ketones (excluding diaryl/α,β-unsaturated/α-hetero) is 2. The Kier molecular flexibility index (Phi) is 36.6. The number of likely N-dealkylation sites (N-methyl/N-ethyl adjacent to an activating group) is 4. The Bertz CT molecular complexity index is 4670. The first-order chi connectivity index (χ1) is 59.4. The van der Waals surface area contributed by atoms with Gasteiger partial charge in [-0.25, -0.2) is 0 Å². The van der Waals surface area contributed by atoms with Gasteiger partial charge >= 0.3 is 0 Å². The topological polar surface area (TPSA) is 548 Å². The number of phenolic OH excluding ortho intramolecular Hbond substituents is 1. The minimum absolute atomic E-state index is 0.0166. The van der Waals surface area contributed by atoms with Gasteiger partial charge in [-0.3, -0.25) is 82.0 Å². The predicted molar refractivity (Wildman–Crippen MR) is 464 cm³/mol. The zero-order valence-corrected chi connectivity index (χ0v) is 73.3. The molecule has 3 saturated heterocycles. The Hall–Kier alpha value is -11.7. The van der Waals surface area contributed by atoms with E-state index in [1.54, 1.807) is 38.4 Å². The number of unbranched alkanes of at least 4 members (excludes halogenated alkanes) is 2. The molecule has 37 heteroatoms. The highest BCUT2D eigenvalue weighted by molar-refractivity contribution is 6.02. The number of nitrogens with zero attached hydrogens (tertiary/aromatic N) is 5. The molecule has 2 bridgehead atoms. The number of phenols is 1. The number of aromatic amines is 2. The SMILES string of the molecule is CCCC[C@H]1C(=O)N(C)[C@@H](CCCC)C(=O)N[C@@H](CC(C)C)C(=O)N(C)CC(=O)NCC(=O)N[C@@H](Cc2ccc(O)cc2)C(=O)N(C)[C@@H](C)C(=O)N[C@@H](CC(N)=O)C(=O)N2CCC[C@H]2C(=O)N[C@@H](CN)C(=O)N[C@@H](CC(C)C)C(=O)C2N[C@@H](C[C@H]2O)C(=O)C[C@@H](Cc2c[nH]c3ccccc23)C(=O)N[C@@H](CCN)C(=O)N[C@@H](Cc2c[nH]c3ccccc23)C(=O)N1C. The molecule has 3 fully saturated rings. The van der Waals surface area contributed by atoms with Gasteiger partial charge in [-0.2, -0.15) is 0 Å². The Morgan fingerprint density at radius 3 is 1.68 bits per heavy atom. The number of hydrogen-bond acceptors (Lipinski definition) is 21. The summed E-state index contributed by atoms with van der Waals surface area (Å²) in [7, 11) is 5.40. The summed E-state index contributed by atoms with van der Waals surface area (Å²) in [6.45, 7) is 10.0. The normalized spacial score (nSPS) is 26.1. The van der Waals surface area contributed by atoms with Crippen LogP contribution in [0.4, 0.5) is 0 Å². The molecular weight excluding hydrogens is 1610 g/mol. The Labute approximate surface area is 727 Å². The number of aliphatic hydroxyl groups is 1. The molecule has 3 aliphatic rings. The number of hydrogen-bond donors (Lipinski definition) is 16. The van der Waals surface area contributed by atoms with Gasteiger partial charge in [0, 0.05) is 101 Å². The minimum atomic E-state index is -1.73. The van der Waals surface area contributed by atoms with Gasteiger partial charge in [0.2, 0.25) is 82.7 Å². The molecule has 0 aliphatic carbocycles. The van der Waals surface area contributed by atoms with E-state index in [1.165, 1.54) is 69.2 Å². The quantitative estimate of drug-likeness (QED) is 0.0450. The number of aromatic hydroxyl groups is 1. The first-order valence-electron chi connectivity index (χ1n) is 43.2. The monoisotopic (exact) mass is 1740 g/mol. The third kappa shape index (κ3) is 26.7. The number of aliphatic hydroxyl groups excluding tert-OH is 1. The third-order valence-electron chi connectivity index (χ3n) is 23.5. The maximum absolute atomic E-state index is 15.7. The van der Waals surface area contributed by atoms with Crippen LogP contribution in [0.25, 0.3) is 21.8 Å². The molecule has 8 rings (SSSR count). The molecule has 5 aromatic rings. The van der Waals surface area contributed by atoms with Gasteiger partial charge in [-0.1, -0.05) is 116 Å². The van der Waals surface area contributed by atoms with Crippen LogP contribution >= 0.6 is 0 Å². The highest BCUT2D eigenvalue weighted by Crippen LogP contribution is 2.29. The number of nitrogens with two attached hydrogens (primary N) is 3. The number of ketones is 2. The number of carbonyl (C=O) groups excluding carboxylic acids is 16. The fraction of sp³-hybridized carbons (Fsp3) is 0.568. The average molecular weight is 1740 g/mol. The van der Waals surface area contributed by atoms with Crippen molar-refractivity contribution >= 4 is 116 Å². The summed E-state index contributed by atoms with van der Waals surface area (Å²) < 4.78 is 0. The molecule has 2 aromatic heterocycles. The number of carbonyl (C=O) groups is 16. The highest BCUT2D eigenvalue weighted by atomic mass is 16.3. The number of amides is 14. The molecule has 14 amide bonds. The van der Waals surface area contributed by atoms with E-state index in [2.05, 4.69) is 57.8 Å². The number of fused-ring (bicyclic) bond motifs is 5. The zero-order valence-electron chi connectivity index (χ0n) is 73.3. The van der Waals surface area contributed by atoms with Crippen LogP contribution in [0.5, 0.6) is 5.75 Å². The van der Waals surface area contributed by atoms with E-state index in [1.807, 2.05) is 64.1 Å². The van der Waals surface area contributed by atoms with Crippen LogP contribution < -0.4 is 65.1 Å². The van der Waals surface area contributed by atoms with Gasteiger partial charge in [0.05, 0.1) is 43.7 Å². The Balaban J connectivity index is 1.14. The summed E-state index contributed by atoms with van der Waals surface area (Å²) in [6, 6.07) is 1.85. The van der Waals surface area contributed by atoms with Crippen LogP contribution in [0.2, 0.25) is 0 Å². The summed E-state index contributed by atoms with van der Waals surface area (Å²) in [6.07, 6.45) is 2.03. The van der Waals surface area contributed by atoms with Crippen molar-refractivity contribution in [2.24, 2.45) is 35.0 Å². The number of primary amides is 1. The number of nitrogens with one attached hydrogen (secondary N) is 11. The van der Waals surface area contributed by atoms with Gasteiger partial charge in [0.25, 0.3) is 0 Å². The smallest absolute Gasteiger partial charge is 0.246 e. The lowest BCUT2D eigenvalue weighted by Crippen LogP contribution is -2.61. The molecule has 0 radical (unpaired) electrons. The van der Waals surface area contributed by atoms with Crippen molar-refractivity contribution in [1.82, 2.24) is 82.3 Å². The molecule has 0 spiro atoms. The first kappa shape index (κ1) is 98.7. The van der Waals surface area contributed by atoms with Crippen LogP contribution in [0.15, 0.2) is 85.2 Å². The molecule has 3 aliphatic heterocycles. The second-order valence-corrected chi connectivity index (χ2v) is 34.0. The molecule has 15 atom stereocenters. The van der Waals surface area contributed by atoms with Gasteiger partial charge in [-0.05, 0) is 124 Å². The summed E-state index contributed by atoms with van der Waals surface area (Å²) in [5.41, 5.74) is 21.1. The van der Waals surface area contributed by atoms with Crippen molar-refractivity contribution in [3.63, 3.8) is 0 Å². The van der Waals surface area contributed by atoms with E-state index in [9.17, 15) is 63.0 Å². The van der Waals surface area contributed by atoms with E-state index in [-0.39, 0.29) is 101 Å². The minimum Gasteiger partial charge on any atom is -0.508 e. The molecule has 3 aromatic carbocycles. The second kappa shape index (κ2) is 46.3. The first-order valence-corrected chi connectivity index (χ1v) is 43.2. The maximum atomic E-state index is 15.7. The van der Waals surface area contributed by atoms with Crippen molar-refractivity contribution < 1.29 is 86.9 Å². The fourth-order valence-electron chi connectivity index (χ4n) is 16.3. The molecule has 1 unspecified atom stereocenters. The predicted octanol–water partition coefficient (Wildman–Crippen LogP) is -0.252. The Morgan fingerprint density at radius 1 is 0.544 bits per heavy atom. The zero-order chi connectivity index (χ0) is 91.8. The third-order valence-corrected chi connectivity index (χ3v) is 23.5. The van der Waals surface area contributed by atoms with Crippen LogP contribution in [-0.2, 0) is 96.0 Å². The summed E-state index contributed by atoms with van der Waals surface area (Å²) in [4.78, 5) is 246. The van der Waals surface area contributed by atoms with Crippen molar-refractivity contribution in [3.05, 3.63) is 102 Å². The van der Waals surface area contributed by atoms with Gasteiger partial charge in [0.15, 0.2) is 11.6 Å². The molecular formula is C88H127N19O18. The lowest BCUT2D eigenvalue weighted by molar-refractivity contribution is -0.149. The lowest BCUT2D eigenvalue weighted by atomic mass is 9.90. The highest BCUT2D eigenvalue weighted by Gasteiger charge is 2.47. The number of H-pyrrole nitrogens is 2. The van der Waals surface area contributed by atoms with E-state index < -0.39 is 217 Å². The molecule has 37 nitrogen and oxygen atoms in total. The standard InChI is InChI=1S/C88H127N19O18/c1-12-14-25-68-82(119)101-63(36-49(5)6)84(121)103(8)47-75(113)94-46-74(112)95-64(37-51-28-30-55(108)31-29-51)85(122)104(9)50(7)78(115)99-66(42-73(91)111)87(124)107-34-20-27-69(107)83(120)102-67(43-90)81(118)98-62(35-48(3)4)77(114)76-72(110)41-61(96-76)71(109)40-52(38-53-44-92-58-23-18-16-21-56(53)58)79(116)97-60(32-33-89)80(117)100-65(39-54-45-93-59-24-19-17-22-57(54)59)86(123)106(11)70(26-15-13-2)88(125)105(68)10/h16-19,21-24,28-31,44-45,48-50,52,60-70,72,76,92-93,96,108,110H,12-15,20,25-27,32-43,46-47,89-90H2,1-11H3,(H2,91,111)(H,94,113)(H,95,112)(H,97,116)(H,98,118)(H,99,115)(H,100,117)(H,101,119)(H,102,120)/t50-,52+,60-,61-,62-,63-,64-,65-,66-,67-,68-,69-,70-,72+,76?/m0/s1. The molecule has 5 heterocycles. The van der Waals surface area contributed by atoms with Crippen LogP contribution in [-0.4, -0.2) is 285 Å². The number of para-hydroxylation sites is 2. The van der Waals surface area contributed by atoms with E-state index in [0.717, 1.165) is 20.1 Å². The fourth-order valence-corrected chi connectivity index (χ4v) is 16.3. The Morgan fingerprint density at radius 2 is 1.08 bits per heavy atom. The number of aromatic nitrogens is 2. The van der Waals surface area contributed by atoms with Crippen LogP contribution in [0.1, 0.15) is 155 Å². The largest absolute Gasteiger partial charge is 0.508 e. The van der Waals surface area contributed by atoms with Crippen molar-refractivity contribution in [2.45, 2.75) is 242 Å². The van der Waals surface area contributed by atoms with Crippen molar-refractivity contribution in [1.29, 1.82) is 0 Å². The molecule has 682 valence electrons. The van der Waals surface area contributed by atoms with Crippen LogP contribution in [0, 0.1) is 17.8 Å². The van der Waals surface area contributed by atoms with Crippen LogP contribution in [0.3, 0.4) is 0 Å². The lowest BCUT2D eigenvalue weighted by Gasteiger charge is -2.36. The van der Waals surface area contributed by atoms with Gasteiger partial charge in [0.1, 0.15) is 66.2 Å². The van der Waals surface area contributed by atoms with Gasteiger partial charge in [-0.15, -0.1) is 0 Å². The maximum Gasteiger partial charge on any atom is 0.246 e. The van der Waals surface area contributed by atoms with E-state index in [4.69, 9.17) is 17.2 Å². The molecule has 125 heavy (non-hydrogen) atoms. The van der Waals surface area contributed by atoms with Crippen molar-refractivity contribution in [2.75, 3.05) is 60.9 Å². The molecule has 19 N–H and O–H groups in total. The molecule has 0 saturated carbocycles. The number of rotatable bonds is 21. The van der Waals surface area contributed by atoms with E-state index >= 15 is 24.0 Å². The van der Waals surface area contributed by atoms with Gasteiger partial charge < -0.3 is 104 Å². The summed E-state index contributed by atoms with van der Waals surface area (Å²) in [5, 5.41) is 47.7.